The van der Waals surface area contributed by atoms with E-state index >= 15 is 0 Å². The van der Waals surface area contributed by atoms with Crippen LogP contribution in [0, 0.1) is 0 Å². The lowest BCUT2D eigenvalue weighted by atomic mass is 10.1. The smallest absolute Gasteiger partial charge is 0.330 e. The molecule has 1 aromatic rings. The third-order valence-corrected chi connectivity index (χ3v) is 4.42. The Bertz CT molecular complexity index is 567. The fraction of sp³-hybridized carbons (Fsp3) is 0.545. The highest BCUT2D eigenvalue weighted by Gasteiger charge is 2.02. The Hall–Kier alpha value is -2.14. The van der Waals surface area contributed by atoms with Crippen LogP contribution in [0.2, 0.25) is 0 Å². The molecule has 3 N–H and O–H groups in total. The standard InChI is InChI=1S/C22H34N2O3/c1-27-22(26)17-14-19-12-15-20(16-13-19)24-21(25)11-9-7-5-3-2-4-6-8-10-18-23/h12-17H,2-11,18,23H2,1H3,(H,24,25). The van der Waals surface area contributed by atoms with Gasteiger partial charge in [-0.1, -0.05) is 57.1 Å². The molecule has 0 aliphatic carbocycles. The minimum absolute atomic E-state index is 0.0506. The largest absolute Gasteiger partial charge is 0.466 e. The van der Waals surface area contributed by atoms with Gasteiger partial charge in [-0.25, -0.2) is 4.79 Å². The van der Waals surface area contributed by atoms with Gasteiger partial charge in [0, 0.05) is 18.2 Å². The van der Waals surface area contributed by atoms with Gasteiger partial charge in [-0.05, 0) is 43.2 Å². The third-order valence-electron chi connectivity index (χ3n) is 4.42. The third kappa shape index (κ3) is 12.0. The van der Waals surface area contributed by atoms with Crippen molar-refractivity contribution in [1.29, 1.82) is 0 Å². The molecule has 5 heteroatoms. The molecule has 0 spiro atoms. The number of carbonyl (C=O) groups excluding carboxylic acids is 2. The van der Waals surface area contributed by atoms with Crippen molar-refractivity contribution in [1.82, 2.24) is 0 Å². The molecule has 0 saturated carbocycles. The molecule has 1 amide bonds. The van der Waals surface area contributed by atoms with Crippen LogP contribution in [0.5, 0.6) is 0 Å². The van der Waals surface area contributed by atoms with Gasteiger partial charge in [0.1, 0.15) is 0 Å². The summed E-state index contributed by atoms with van der Waals surface area (Å²) in [5, 5.41) is 2.91. The highest BCUT2D eigenvalue weighted by Crippen LogP contribution is 2.13. The Balaban J connectivity index is 2.11. The highest BCUT2D eigenvalue weighted by molar-refractivity contribution is 5.91. The lowest BCUT2D eigenvalue weighted by Crippen LogP contribution is -2.10. The monoisotopic (exact) mass is 374 g/mol. The molecule has 0 aromatic heterocycles. The topological polar surface area (TPSA) is 81.4 Å². The number of ether oxygens (including phenoxy) is 1. The van der Waals surface area contributed by atoms with E-state index in [1.807, 2.05) is 24.3 Å². The van der Waals surface area contributed by atoms with E-state index in [0.29, 0.717) is 6.42 Å². The second-order valence-corrected chi connectivity index (χ2v) is 6.75. The van der Waals surface area contributed by atoms with Crippen molar-refractivity contribution in [3.05, 3.63) is 35.9 Å². The molecule has 0 aliphatic rings. The summed E-state index contributed by atoms with van der Waals surface area (Å²) in [5.74, 6) is -0.339. The first-order chi connectivity index (χ1) is 13.2. The van der Waals surface area contributed by atoms with Gasteiger partial charge in [0.2, 0.25) is 5.91 Å². The van der Waals surface area contributed by atoms with Crippen LogP contribution in [0.25, 0.3) is 6.08 Å². The molecule has 150 valence electrons. The number of unbranched alkanes of at least 4 members (excludes halogenated alkanes) is 8. The zero-order chi connectivity index (χ0) is 19.7. The van der Waals surface area contributed by atoms with Gasteiger partial charge in [0.25, 0.3) is 0 Å². The van der Waals surface area contributed by atoms with Crippen LogP contribution in [-0.2, 0) is 14.3 Å². The number of hydrogen-bond donors (Lipinski definition) is 2. The van der Waals surface area contributed by atoms with Gasteiger partial charge < -0.3 is 15.8 Å². The Morgan fingerprint density at radius 1 is 0.926 bits per heavy atom. The Morgan fingerprint density at radius 3 is 2.04 bits per heavy atom. The Labute approximate surface area is 163 Å². The van der Waals surface area contributed by atoms with Crippen LogP contribution in [0.15, 0.2) is 30.3 Å². The van der Waals surface area contributed by atoms with Crippen LogP contribution in [0.4, 0.5) is 5.69 Å². The molecule has 0 radical (unpaired) electrons. The molecule has 0 heterocycles. The van der Waals surface area contributed by atoms with E-state index in [-0.39, 0.29) is 11.9 Å². The summed E-state index contributed by atoms with van der Waals surface area (Å²) in [6, 6.07) is 7.37. The van der Waals surface area contributed by atoms with E-state index in [9.17, 15) is 9.59 Å². The molecule has 1 rings (SSSR count). The van der Waals surface area contributed by atoms with E-state index < -0.39 is 0 Å². The number of carbonyl (C=O) groups is 2. The molecule has 1 aromatic carbocycles. The van der Waals surface area contributed by atoms with Crippen molar-refractivity contribution >= 4 is 23.6 Å². The minimum Gasteiger partial charge on any atom is -0.466 e. The number of nitrogens with one attached hydrogen (secondary N) is 1. The average molecular weight is 375 g/mol. The van der Waals surface area contributed by atoms with Crippen LogP contribution >= 0.6 is 0 Å². The van der Waals surface area contributed by atoms with Crippen LogP contribution < -0.4 is 11.1 Å². The van der Waals surface area contributed by atoms with Crippen molar-refractivity contribution in [3.63, 3.8) is 0 Å². The average Bonchev–Trinajstić information content (AvgIpc) is 2.68. The summed E-state index contributed by atoms with van der Waals surface area (Å²) in [6.07, 6.45) is 14.4. The first-order valence-electron chi connectivity index (χ1n) is 10.0. The first-order valence-corrected chi connectivity index (χ1v) is 10.0. The van der Waals surface area contributed by atoms with Crippen molar-refractivity contribution < 1.29 is 14.3 Å². The highest BCUT2D eigenvalue weighted by atomic mass is 16.5. The lowest BCUT2D eigenvalue weighted by Gasteiger charge is -2.06. The van der Waals surface area contributed by atoms with E-state index in [1.165, 1.54) is 51.7 Å². The lowest BCUT2D eigenvalue weighted by molar-refractivity contribution is -0.134. The number of hydrogen-bond acceptors (Lipinski definition) is 4. The van der Waals surface area contributed by atoms with Crippen LogP contribution in [0.3, 0.4) is 0 Å². The number of amides is 1. The second-order valence-electron chi connectivity index (χ2n) is 6.75. The number of methoxy groups -OCH3 is 1. The second kappa shape index (κ2) is 15.0. The van der Waals surface area contributed by atoms with Crippen molar-refractivity contribution in [2.24, 2.45) is 5.73 Å². The predicted octanol–water partition coefficient (Wildman–Crippen LogP) is 4.67. The number of rotatable bonds is 14. The van der Waals surface area contributed by atoms with Gasteiger partial charge in [-0.3, -0.25) is 4.79 Å². The zero-order valence-electron chi connectivity index (χ0n) is 16.5. The summed E-state index contributed by atoms with van der Waals surface area (Å²) in [7, 11) is 1.34. The maximum atomic E-state index is 12.0. The quantitative estimate of drug-likeness (QED) is 0.282. The van der Waals surface area contributed by atoms with E-state index in [2.05, 4.69) is 10.1 Å². The van der Waals surface area contributed by atoms with Crippen molar-refractivity contribution in [2.75, 3.05) is 19.0 Å². The molecule has 5 nitrogen and oxygen atoms in total. The van der Waals surface area contributed by atoms with Gasteiger partial charge in [0.05, 0.1) is 7.11 Å². The Morgan fingerprint density at radius 2 is 1.48 bits per heavy atom. The molecule has 0 atom stereocenters. The molecular weight excluding hydrogens is 340 g/mol. The molecule has 0 fully saturated rings. The van der Waals surface area contributed by atoms with Gasteiger partial charge in [-0.2, -0.15) is 0 Å². The van der Waals surface area contributed by atoms with E-state index in [1.54, 1.807) is 6.08 Å². The molecule has 0 aliphatic heterocycles. The molecule has 0 saturated heterocycles. The number of benzene rings is 1. The van der Waals surface area contributed by atoms with Gasteiger partial charge in [-0.15, -0.1) is 0 Å². The maximum absolute atomic E-state index is 12.0. The van der Waals surface area contributed by atoms with Crippen LogP contribution in [0.1, 0.15) is 69.8 Å². The van der Waals surface area contributed by atoms with Crippen molar-refractivity contribution in [3.8, 4) is 0 Å². The van der Waals surface area contributed by atoms with E-state index in [4.69, 9.17) is 5.73 Å². The van der Waals surface area contributed by atoms with Crippen LogP contribution in [-0.4, -0.2) is 25.5 Å². The zero-order valence-corrected chi connectivity index (χ0v) is 16.5. The van der Waals surface area contributed by atoms with E-state index in [0.717, 1.165) is 37.1 Å². The SMILES string of the molecule is COC(=O)C=Cc1ccc(NC(=O)CCCCCCCCCCCN)cc1. The molecule has 0 bridgehead atoms. The fourth-order valence-electron chi connectivity index (χ4n) is 2.80. The van der Waals surface area contributed by atoms with Crippen molar-refractivity contribution in [2.45, 2.75) is 64.2 Å². The molecule has 0 unspecified atom stereocenters. The molecule has 27 heavy (non-hydrogen) atoms. The van der Waals surface area contributed by atoms with Gasteiger partial charge in [0.15, 0.2) is 0 Å². The number of nitrogens with two attached hydrogens (primary N) is 1. The summed E-state index contributed by atoms with van der Waals surface area (Å²) in [6.45, 7) is 0.804. The maximum Gasteiger partial charge on any atom is 0.330 e. The summed E-state index contributed by atoms with van der Waals surface area (Å²) in [4.78, 5) is 23.1. The fourth-order valence-corrected chi connectivity index (χ4v) is 2.80. The summed E-state index contributed by atoms with van der Waals surface area (Å²) >= 11 is 0. The minimum atomic E-state index is -0.390. The first kappa shape index (κ1) is 22.9. The summed E-state index contributed by atoms with van der Waals surface area (Å²) < 4.78 is 4.55. The summed E-state index contributed by atoms with van der Waals surface area (Å²) in [5.41, 5.74) is 7.13. The number of esters is 1. The normalized spacial score (nSPS) is 10.9. The Kier molecular flexibility index (Phi) is 12.7. The predicted molar refractivity (Wildman–Crippen MR) is 111 cm³/mol. The van der Waals surface area contributed by atoms with Gasteiger partial charge >= 0.3 is 5.97 Å². The number of anilines is 1. The molecular formula is C22H34N2O3.